The summed E-state index contributed by atoms with van der Waals surface area (Å²) in [6.07, 6.45) is 0.808. The van der Waals surface area contributed by atoms with E-state index in [2.05, 4.69) is 15.4 Å². The van der Waals surface area contributed by atoms with Crippen LogP contribution in [0.3, 0.4) is 0 Å². The highest BCUT2D eigenvalue weighted by Gasteiger charge is 2.21. The highest BCUT2D eigenvalue weighted by atomic mass is 32.2. The molecule has 1 atom stereocenters. The van der Waals surface area contributed by atoms with E-state index in [1.54, 1.807) is 15.3 Å². The lowest BCUT2D eigenvalue weighted by Gasteiger charge is -2.16. The van der Waals surface area contributed by atoms with Crippen molar-refractivity contribution in [2.75, 3.05) is 5.32 Å². The molecule has 2 heterocycles. The molecule has 8 heteroatoms. The number of amides is 1. The molecule has 2 aromatic heterocycles. The Morgan fingerprint density at radius 3 is 2.64 bits per heavy atom. The number of anilines is 1. The number of rotatable bonds is 6. The number of carbonyl (C=O) groups is 1. The summed E-state index contributed by atoms with van der Waals surface area (Å²) >= 11 is 1.30. The molecule has 0 saturated carbocycles. The Bertz CT molecular complexity index is 1090. The van der Waals surface area contributed by atoms with E-state index in [1.165, 1.54) is 11.8 Å². The number of thioether (sulfide) groups is 1. The molecular formula is C20H25N5O2S. The number of nitrogens with one attached hydrogen (secondary N) is 1. The van der Waals surface area contributed by atoms with Crippen LogP contribution in [0.4, 0.5) is 5.69 Å². The van der Waals surface area contributed by atoms with Crippen LogP contribution in [0.2, 0.25) is 0 Å². The minimum atomic E-state index is -0.421. The fourth-order valence-electron chi connectivity index (χ4n) is 3.05. The Balaban J connectivity index is 1.89. The molecule has 0 unspecified atom stereocenters. The Morgan fingerprint density at radius 2 is 2.00 bits per heavy atom. The molecule has 0 aliphatic heterocycles. The molecule has 148 valence electrons. The van der Waals surface area contributed by atoms with E-state index in [4.69, 9.17) is 0 Å². The van der Waals surface area contributed by atoms with Gasteiger partial charge in [-0.25, -0.2) is 4.98 Å². The lowest BCUT2D eigenvalue weighted by Crippen LogP contribution is -2.27. The van der Waals surface area contributed by atoms with Gasteiger partial charge in [-0.1, -0.05) is 30.8 Å². The summed E-state index contributed by atoms with van der Waals surface area (Å²) in [5.74, 6) is -0.144. The van der Waals surface area contributed by atoms with Crippen LogP contribution in [0.25, 0.3) is 10.9 Å². The van der Waals surface area contributed by atoms with Gasteiger partial charge in [0.15, 0.2) is 5.16 Å². The maximum atomic E-state index is 12.9. The zero-order chi connectivity index (χ0) is 20.4. The SMILES string of the molecule is CCCn1c(S[C@@H](C)C(=O)Nc2c(C)nn(C)c2C)nc2ccccc2c1=O. The molecule has 28 heavy (non-hydrogen) atoms. The van der Waals surface area contributed by atoms with Gasteiger partial charge < -0.3 is 5.32 Å². The zero-order valence-electron chi connectivity index (χ0n) is 16.8. The van der Waals surface area contributed by atoms with Crippen LogP contribution in [0.1, 0.15) is 31.7 Å². The maximum absolute atomic E-state index is 12.9. The molecule has 0 aliphatic rings. The summed E-state index contributed by atoms with van der Waals surface area (Å²) in [5, 5.41) is 8.03. The van der Waals surface area contributed by atoms with E-state index >= 15 is 0 Å². The first-order valence-electron chi connectivity index (χ1n) is 9.30. The van der Waals surface area contributed by atoms with E-state index in [0.29, 0.717) is 22.6 Å². The Morgan fingerprint density at radius 1 is 1.29 bits per heavy atom. The van der Waals surface area contributed by atoms with Gasteiger partial charge in [-0.05, 0) is 39.3 Å². The van der Waals surface area contributed by atoms with Gasteiger partial charge in [-0.15, -0.1) is 0 Å². The standard InChI is InChI=1S/C20H25N5O2S/c1-6-11-25-19(27)15-9-7-8-10-16(15)21-20(25)28-14(4)18(26)22-17-12(2)23-24(5)13(17)3/h7-10,14H,6,11H2,1-5H3,(H,22,26)/t14-/m0/s1. The van der Waals surface area contributed by atoms with Crippen molar-refractivity contribution in [2.45, 2.75) is 51.1 Å². The minimum Gasteiger partial charge on any atom is -0.322 e. The van der Waals surface area contributed by atoms with E-state index in [-0.39, 0.29) is 11.5 Å². The van der Waals surface area contributed by atoms with Gasteiger partial charge in [0, 0.05) is 13.6 Å². The van der Waals surface area contributed by atoms with Gasteiger partial charge in [0.25, 0.3) is 5.56 Å². The average molecular weight is 400 g/mol. The first-order valence-corrected chi connectivity index (χ1v) is 10.2. The van der Waals surface area contributed by atoms with Crippen LogP contribution in [0.15, 0.2) is 34.2 Å². The first kappa shape index (κ1) is 20.1. The molecule has 0 fully saturated rings. The molecule has 0 saturated heterocycles. The van der Waals surface area contributed by atoms with Crippen molar-refractivity contribution < 1.29 is 4.79 Å². The summed E-state index contributed by atoms with van der Waals surface area (Å²) in [5.41, 5.74) is 2.99. The number of nitrogens with zero attached hydrogens (tertiary/aromatic N) is 4. The summed E-state index contributed by atoms with van der Waals surface area (Å²) < 4.78 is 3.41. The molecule has 0 aliphatic carbocycles. The summed E-state index contributed by atoms with van der Waals surface area (Å²) in [6, 6.07) is 7.31. The molecular weight excluding hydrogens is 374 g/mol. The predicted octanol–water partition coefficient (Wildman–Crippen LogP) is 3.28. The van der Waals surface area contributed by atoms with E-state index in [9.17, 15) is 9.59 Å². The number of benzene rings is 1. The van der Waals surface area contributed by atoms with Crippen molar-refractivity contribution in [3.63, 3.8) is 0 Å². The van der Waals surface area contributed by atoms with Gasteiger partial charge in [-0.2, -0.15) is 5.10 Å². The van der Waals surface area contributed by atoms with Crippen LogP contribution in [-0.2, 0) is 18.4 Å². The molecule has 1 amide bonds. The van der Waals surface area contributed by atoms with Crippen molar-refractivity contribution in [3.8, 4) is 0 Å². The average Bonchev–Trinajstić information content (AvgIpc) is 2.91. The Kier molecular flexibility index (Phi) is 5.88. The quantitative estimate of drug-likeness (QED) is 0.508. The van der Waals surface area contributed by atoms with Crippen molar-refractivity contribution in [1.82, 2.24) is 19.3 Å². The normalized spacial score (nSPS) is 12.3. The second-order valence-corrected chi connectivity index (χ2v) is 8.10. The Hall–Kier alpha value is -2.61. The van der Waals surface area contributed by atoms with Crippen LogP contribution in [-0.4, -0.2) is 30.5 Å². The molecule has 0 bridgehead atoms. The maximum Gasteiger partial charge on any atom is 0.262 e. The molecule has 3 aromatic rings. The van der Waals surface area contributed by atoms with Crippen molar-refractivity contribution in [2.24, 2.45) is 7.05 Å². The number of hydrogen-bond acceptors (Lipinski definition) is 5. The first-order chi connectivity index (χ1) is 13.3. The number of aryl methyl sites for hydroxylation is 2. The second-order valence-electron chi connectivity index (χ2n) is 6.79. The fourth-order valence-corrected chi connectivity index (χ4v) is 3.98. The molecule has 7 nitrogen and oxygen atoms in total. The topological polar surface area (TPSA) is 81.8 Å². The number of carbonyl (C=O) groups excluding carboxylic acids is 1. The van der Waals surface area contributed by atoms with Gasteiger partial charge in [0.05, 0.1) is 33.2 Å². The van der Waals surface area contributed by atoms with Gasteiger partial charge in [0.2, 0.25) is 5.91 Å². The highest BCUT2D eigenvalue weighted by molar-refractivity contribution is 8.00. The van der Waals surface area contributed by atoms with Gasteiger partial charge >= 0.3 is 0 Å². The van der Waals surface area contributed by atoms with E-state index in [0.717, 1.165) is 23.5 Å². The van der Waals surface area contributed by atoms with Crippen molar-refractivity contribution >= 4 is 34.3 Å². The molecule has 0 spiro atoms. The summed E-state index contributed by atoms with van der Waals surface area (Å²) in [7, 11) is 1.85. The van der Waals surface area contributed by atoms with Crippen LogP contribution >= 0.6 is 11.8 Å². The molecule has 3 rings (SSSR count). The Labute approximate surface area is 168 Å². The van der Waals surface area contributed by atoms with Crippen LogP contribution in [0.5, 0.6) is 0 Å². The smallest absolute Gasteiger partial charge is 0.262 e. The number of aromatic nitrogens is 4. The monoisotopic (exact) mass is 399 g/mol. The number of fused-ring (bicyclic) bond motifs is 1. The molecule has 1 aromatic carbocycles. The lowest BCUT2D eigenvalue weighted by molar-refractivity contribution is -0.115. The van der Waals surface area contributed by atoms with Crippen LogP contribution < -0.4 is 10.9 Å². The van der Waals surface area contributed by atoms with Crippen molar-refractivity contribution in [1.29, 1.82) is 0 Å². The minimum absolute atomic E-state index is 0.0680. The molecule has 0 radical (unpaired) electrons. The van der Waals surface area contributed by atoms with Crippen molar-refractivity contribution in [3.05, 3.63) is 46.0 Å². The predicted molar refractivity (Wildman–Crippen MR) is 113 cm³/mol. The third kappa shape index (κ3) is 3.82. The van der Waals surface area contributed by atoms with Gasteiger partial charge in [0.1, 0.15) is 0 Å². The third-order valence-electron chi connectivity index (χ3n) is 4.68. The second kappa shape index (κ2) is 8.18. The lowest BCUT2D eigenvalue weighted by atomic mass is 10.2. The summed E-state index contributed by atoms with van der Waals surface area (Å²) in [4.78, 5) is 30.3. The zero-order valence-corrected chi connectivity index (χ0v) is 17.6. The van der Waals surface area contributed by atoms with Crippen LogP contribution in [0, 0.1) is 13.8 Å². The fraction of sp³-hybridized carbons (Fsp3) is 0.400. The van der Waals surface area contributed by atoms with E-state index in [1.807, 2.05) is 52.9 Å². The molecule has 1 N–H and O–H groups in total. The number of hydrogen-bond donors (Lipinski definition) is 1. The largest absolute Gasteiger partial charge is 0.322 e. The third-order valence-corrected chi connectivity index (χ3v) is 5.77. The summed E-state index contributed by atoms with van der Waals surface area (Å²) in [6.45, 7) is 8.18. The highest BCUT2D eigenvalue weighted by Crippen LogP contribution is 2.25. The van der Waals surface area contributed by atoms with E-state index < -0.39 is 5.25 Å². The van der Waals surface area contributed by atoms with Gasteiger partial charge in [-0.3, -0.25) is 18.8 Å². The number of para-hydroxylation sites is 1.